The first kappa shape index (κ1) is 15.5. The van der Waals surface area contributed by atoms with Gasteiger partial charge in [-0.1, -0.05) is 43.7 Å². The second-order valence-corrected chi connectivity index (χ2v) is 6.22. The van der Waals surface area contributed by atoms with E-state index in [1.165, 1.54) is 44.2 Å². The molecule has 0 radical (unpaired) electrons. The fourth-order valence-electron chi connectivity index (χ4n) is 3.57. The highest BCUT2D eigenvalue weighted by Crippen LogP contribution is 2.34. The number of unbranched alkanes of at least 4 members (excludes halogenated alkanes) is 1. The second-order valence-electron chi connectivity index (χ2n) is 6.22. The Morgan fingerprint density at radius 2 is 1.95 bits per heavy atom. The van der Waals surface area contributed by atoms with Crippen LogP contribution in [0.1, 0.15) is 50.5 Å². The Morgan fingerprint density at radius 3 is 2.60 bits per heavy atom. The highest BCUT2D eigenvalue weighted by Gasteiger charge is 2.32. The molecule has 0 heterocycles. The van der Waals surface area contributed by atoms with E-state index in [-0.39, 0.29) is 0 Å². The van der Waals surface area contributed by atoms with Crippen LogP contribution in [-0.4, -0.2) is 37.6 Å². The average Bonchev–Trinajstić information content (AvgIpc) is 2.52. The van der Waals surface area contributed by atoms with E-state index in [2.05, 4.69) is 61.6 Å². The van der Waals surface area contributed by atoms with Gasteiger partial charge in [-0.3, -0.25) is 0 Å². The van der Waals surface area contributed by atoms with Gasteiger partial charge in [0, 0.05) is 12.1 Å². The van der Waals surface area contributed by atoms with Crippen molar-refractivity contribution >= 4 is 0 Å². The summed E-state index contributed by atoms with van der Waals surface area (Å²) < 4.78 is 0. The minimum Gasteiger partial charge on any atom is -0.315 e. The molecule has 0 saturated heterocycles. The van der Waals surface area contributed by atoms with Gasteiger partial charge in [0.2, 0.25) is 0 Å². The maximum atomic E-state index is 3.54. The second kappa shape index (κ2) is 7.80. The molecule has 20 heavy (non-hydrogen) atoms. The molecule has 112 valence electrons. The molecule has 1 aliphatic carbocycles. The zero-order valence-corrected chi connectivity index (χ0v) is 13.3. The molecule has 1 aromatic rings. The zero-order valence-electron chi connectivity index (χ0n) is 13.3. The monoisotopic (exact) mass is 274 g/mol. The summed E-state index contributed by atoms with van der Waals surface area (Å²) in [7, 11) is 4.42. The minimum absolute atomic E-state index is 0.650. The molecule has 3 unspecified atom stereocenters. The van der Waals surface area contributed by atoms with Gasteiger partial charge in [0.1, 0.15) is 0 Å². The van der Waals surface area contributed by atoms with Crippen molar-refractivity contribution in [1.82, 2.24) is 10.2 Å². The molecule has 1 aliphatic rings. The summed E-state index contributed by atoms with van der Waals surface area (Å²) in [5.41, 5.74) is 1.52. The summed E-state index contributed by atoms with van der Waals surface area (Å²) in [5.74, 6) is 0.731. The largest absolute Gasteiger partial charge is 0.315 e. The van der Waals surface area contributed by atoms with E-state index in [0.29, 0.717) is 12.1 Å². The summed E-state index contributed by atoms with van der Waals surface area (Å²) in [5, 5.41) is 3.54. The molecule has 0 amide bonds. The first-order chi connectivity index (χ1) is 9.76. The molecule has 1 N–H and O–H groups in total. The van der Waals surface area contributed by atoms with Gasteiger partial charge in [-0.2, -0.15) is 0 Å². The van der Waals surface area contributed by atoms with Crippen LogP contribution in [0.5, 0.6) is 0 Å². The molecule has 3 atom stereocenters. The summed E-state index contributed by atoms with van der Waals surface area (Å²) >= 11 is 0. The maximum Gasteiger partial charge on any atom is 0.0252 e. The third-order valence-corrected chi connectivity index (χ3v) is 4.89. The lowest BCUT2D eigenvalue weighted by Gasteiger charge is -2.41. The Kier molecular flexibility index (Phi) is 6.06. The Bertz CT molecular complexity index is 376. The van der Waals surface area contributed by atoms with Crippen LogP contribution in [0.3, 0.4) is 0 Å². The van der Waals surface area contributed by atoms with E-state index < -0.39 is 0 Å². The summed E-state index contributed by atoms with van der Waals surface area (Å²) in [4.78, 5) is 2.58. The Morgan fingerprint density at radius 1 is 1.20 bits per heavy atom. The first-order valence-corrected chi connectivity index (χ1v) is 8.18. The fourth-order valence-corrected chi connectivity index (χ4v) is 3.57. The molecule has 2 rings (SSSR count). The van der Waals surface area contributed by atoms with Crippen LogP contribution in [0.2, 0.25) is 0 Å². The van der Waals surface area contributed by atoms with Gasteiger partial charge >= 0.3 is 0 Å². The molecule has 1 aromatic carbocycles. The lowest BCUT2D eigenvalue weighted by atomic mass is 9.78. The van der Waals surface area contributed by atoms with Crippen LogP contribution in [0.4, 0.5) is 0 Å². The van der Waals surface area contributed by atoms with Crippen molar-refractivity contribution in [3.8, 4) is 0 Å². The highest BCUT2D eigenvalue weighted by molar-refractivity contribution is 5.21. The van der Waals surface area contributed by atoms with Gasteiger partial charge in [-0.15, -0.1) is 0 Å². The predicted octanol–water partition coefficient (Wildman–Crippen LogP) is 3.64. The van der Waals surface area contributed by atoms with E-state index >= 15 is 0 Å². The minimum atomic E-state index is 0.650. The number of rotatable bonds is 6. The quantitative estimate of drug-likeness (QED) is 0.852. The first-order valence-electron chi connectivity index (χ1n) is 8.18. The van der Waals surface area contributed by atoms with Gasteiger partial charge < -0.3 is 10.2 Å². The van der Waals surface area contributed by atoms with Crippen molar-refractivity contribution in [2.45, 2.75) is 57.0 Å². The summed E-state index contributed by atoms with van der Waals surface area (Å²) in [6, 6.07) is 12.4. The van der Waals surface area contributed by atoms with Gasteiger partial charge in [0.25, 0.3) is 0 Å². The van der Waals surface area contributed by atoms with E-state index in [9.17, 15) is 0 Å². The van der Waals surface area contributed by atoms with Crippen molar-refractivity contribution in [2.75, 3.05) is 20.6 Å². The molecule has 1 fully saturated rings. The predicted molar refractivity (Wildman–Crippen MR) is 87.2 cm³/mol. The number of benzene rings is 1. The number of nitrogens with zero attached hydrogens (tertiary/aromatic N) is 1. The van der Waals surface area contributed by atoms with Crippen LogP contribution in [0, 0.1) is 0 Å². The summed E-state index contributed by atoms with van der Waals surface area (Å²) in [6.07, 6.45) is 6.48. The van der Waals surface area contributed by atoms with Gasteiger partial charge in [0.05, 0.1) is 0 Å². The number of likely N-dealkylation sites (N-methyl/N-ethyl adjacent to an activating group) is 2. The molecule has 0 aliphatic heterocycles. The molecular weight excluding hydrogens is 244 g/mol. The molecule has 2 heteroatoms. The summed E-state index contributed by atoms with van der Waals surface area (Å²) in [6.45, 7) is 3.50. The Hall–Kier alpha value is -0.860. The average molecular weight is 274 g/mol. The molecule has 0 aromatic heterocycles. The molecule has 2 nitrogen and oxygen atoms in total. The normalized spacial score (nSPS) is 26.9. The van der Waals surface area contributed by atoms with Crippen LogP contribution in [0.15, 0.2) is 30.3 Å². The van der Waals surface area contributed by atoms with Crippen molar-refractivity contribution in [1.29, 1.82) is 0 Å². The van der Waals surface area contributed by atoms with Gasteiger partial charge in [0.15, 0.2) is 0 Å². The van der Waals surface area contributed by atoms with E-state index in [1.807, 2.05) is 0 Å². The third-order valence-electron chi connectivity index (χ3n) is 4.89. The highest BCUT2D eigenvalue weighted by atomic mass is 15.2. The van der Waals surface area contributed by atoms with Gasteiger partial charge in [-0.25, -0.2) is 0 Å². The van der Waals surface area contributed by atoms with Gasteiger partial charge in [-0.05, 0) is 57.8 Å². The number of hydrogen-bond donors (Lipinski definition) is 1. The Labute approximate surface area is 124 Å². The molecular formula is C18H30N2. The van der Waals surface area contributed by atoms with Crippen LogP contribution >= 0.6 is 0 Å². The SMILES string of the molecule is CCCCN(C)C1CC(c2ccccc2)CCC1NC. The van der Waals surface area contributed by atoms with E-state index in [0.717, 1.165) is 5.92 Å². The van der Waals surface area contributed by atoms with Crippen molar-refractivity contribution in [3.63, 3.8) is 0 Å². The van der Waals surface area contributed by atoms with Crippen LogP contribution < -0.4 is 5.32 Å². The fraction of sp³-hybridized carbons (Fsp3) is 0.667. The number of hydrogen-bond acceptors (Lipinski definition) is 2. The maximum absolute atomic E-state index is 3.54. The molecule has 0 spiro atoms. The zero-order chi connectivity index (χ0) is 14.4. The van der Waals surface area contributed by atoms with Crippen LogP contribution in [-0.2, 0) is 0 Å². The van der Waals surface area contributed by atoms with Crippen molar-refractivity contribution in [2.24, 2.45) is 0 Å². The molecule has 0 bridgehead atoms. The lowest BCUT2D eigenvalue weighted by Crippen LogP contribution is -2.50. The smallest absolute Gasteiger partial charge is 0.0252 e. The third kappa shape index (κ3) is 3.83. The standard InChI is InChI=1S/C18H30N2/c1-4-5-13-20(3)18-14-16(11-12-17(18)19-2)15-9-7-6-8-10-15/h6-10,16-19H,4-5,11-14H2,1-3H3. The lowest BCUT2D eigenvalue weighted by molar-refractivity contribution is 0.141. The van der Waals surface area contributed by atoms with Crippen molar-refractivity contribution in [3.05, 3.63) is 35.9 Å². The Balaban J connectivity index is 2.03. The number of nitrogens with one attached hydrogen (secondary N) is 1. The topological polar surface area (TPSA) is 15.3 Å². The van der Waals surface area contributed by atoms with E-state index in [1.54, 1.807) is 0 Å². The molecule has 1 saturated carbocycles. The van der Waals surface area contributed by atoms with Crippen molar-refractivity contribution < 1.29 is 0 Å². The van der Waals surface area contributed by atoms with Crippen LogP contribution in [0.25, 0.3) is 0 Å². The van der Waals surface area contributed by atoms with E-state index in [4.69, 9.17) is 0 Å².